The van der Waals surface area contributed by atoms with E-state index in [1.165, 1.54) is 18.2 Å². The molecule has 0 radical (unpaired) electrons. The predicted octanol–water partition coefficient (Wildman–Crippen LogP) is 4.14. The Hall–Kier alpha value is -1.36. The van der Waals surface area contributed by atoms with Crippen LogP contribution in [-0.4, -0.2) is 29.1 Å². The zero-order valence-corrected chi connectivity index (χ0v) is 13.9. The summed E-state index contributed by atoms with van der Waals surface area (Å²) in [6.45, 7) is 8.82. The van der Waals surface area contributed by atoms with Crippen LogP contribution in [0.1, 0.15) is 40.0 Å². The Morgan fingerprint density at radius 2 is 2.19 bits per heavy atom. The minimum atomic E-state index is 0.554. The molecule has 2 aromatic rings. The van der Waals surface area contributed by atoms with Crippen molar-refractivity contribution in [3.8, 4) is 0 Å². The number of rotatable bonds is 4. The van der Waals surface area contributed by atoms with Crippen molar-refractivity contribution in [2.24, 2.45) is 5.92 Å². The second kappa shape index (κ2) is 6.18. The number of aromatic nitrogens is 2. The van der Waals surface area contributed by atoms with Crippen LogP contribution in [0.2, 0.25) is 0 Å². The largest absolute Gasteiger partial charge is 0.354 e. The molecule has 0 aromatic carbocycles. The van der Waals surface area contributed by atoms with Gasteiger partial charge in [-0.15, -0.1) is 11.3 Å². The lowest BCUT2D eigenvalue weighted by molar-refractivity contribution is 0.389. The molecule has 5 heteroatoms. The van der Waals surface area contributed by atoms with Crippen LogP contribution in [0, 0.1) is 5.92 Å². The van der Waals surface area contributed by atoms with Crippen LogP contribution in [0.4, 0.5) is 11.8 Å². The summed E-state index contributed by atoms with van der Waals surface area (Å²) in [5.41, 5.74) is 0. The van der Waals surface area contributed by atoms with E-state index in [2.05, 4.69) is 47.4 Å². The number of nitrogens with zero attached hydrogens (tertiary/aromatic N) is 3. The summed E-state index contributed by atoms with van der Waals surface area (Å²) in [5.74, 6) is 2.61. The van der Waals surface area contributed by atoms with Crippen LogP contribution in [0.15, 0.2) is 11.4 Å². The Balaban J connectivity index is 2.00. The van der Waals surface area contributed by atoms with Gasteiger partial charge in [0.1, 0.15) is 10.6 Å². The van der Waals surface area contributed by atoms with E-state index in [0.29, 0.717) is 6.04 Å². The molecule has 1 N–H and O–H groups in total. The number of fused-ring (bicyclic) bond motifs is 1. The highest BCUT2D eigenvalue weighted by Crippen LogP contribution is 2.33. The van der Waals surface area contributed by atoms with Gasteiger partial charge in [-0.3, -0.25) is 0 Å². The zero-order valence-electron chi connectivity index (χ0n) is 13.1. The van der Waals surface area contributed by atoms with Crippen molar-refractivity contribution in [2.45, 2.75) is 46.1 Å². The number of hydrogen-bond donors (Lipinski definition) is 1. The highest BCUT2D eigenvalue weighted by molar-refractivity contribution is 7.16. The van der Waals surface area contributed by atoms with Crippen molar-refractivity contribution in [3.63, 3.8) is 0 Å². The van der Waals surface area contributed by atoms with Crippen LogP contribution in [0.5, 0.6) is 0 Å². The predicted molar refractivity (Wildman–Crippen MR) is 91.4 cm³/mol. The van der Waals surface area contributed by atoms with E-state index in [4.69, 9.17) is 4.98 Å². The molecule has 114 valence electrons. The van der Waals surface area contributed by atoms with Gasteiger partial charge in [0.05, 0.1) is 5.39 Å². The Morgan fingerprint density at radius 3 is 3.00 bits per heavy atom. The van der Waals surface area contributed by atoms with Crippen LogP contribution >= 0.6 is 11.3 Å². The maximum absolute atomic E-state index is 4.83. The SMILES string of the molecule is CCCNc1nc(N2CC(C)CCC2C)c2ccsc2n1. The van der Waals surface area contributed by atoms with E-state index in [1.54, 1.807) is 11.3 Å². The second-order valence-corrected chi connectivity index (χ2v) is 7.02. The second-order valence-electron chi connectivity index (χ2n) is 6.12. The smallest absolute Gasteiger partial charge is 0.226 e. The monoisotopic (exact) mass is 304 g/mol. The van der Waals surface area contributed by atoms with E-state index in [1.807, 2.05) is 0 Å². The number of nitrogens with one attached hydrogen (secondary N) is 1. The molecule has 3 heterocycles. The van der Waals surface area contributed by atoms with Crippen LogP contribution in [-0.2, 0) is 0 Å². The summed E-state index contributed by atoms with van der Waals surface area (Å²) in [7, 11) is 0. The Kier molecular flexibility index (Phi) is 4.29. The Bertz CT molecular complexity index is 609. The standard InChI is InChI=1S/C16H24N4S/c1-4-8-17-16-18-14(13-7-9-21-15(13)19-16)20-10-11(2)5-6-12(20)3/h7,9,11-12H,4-6,8,10H2,1-3H3,(H,17,18,19). The fourth-order valence-electron chi connectivity index (χ4n) is 2.96. The molecule has 0 saturated carbocycles. The third-order valence-electron chi connectivity index (χ3n) is 4.23. The number of hydrogen-bond acceptors (Lipinski definition) is 5. The number of thiophene rings is 1. The third kappa shape index (κ3) is 2.98. The zero-order chi connectivity index (χ0) is 14.8. The summed E-state index contributed by atoms with van der Waals surface area (Å²) in [6, 6.07) is 2.71. The first-order chi connectivity index (χ1) is 10.2. The highest BCUT2D eigenvalue weighted by Gasteiger charge is 2.26. The average molecular weight is 304 g/mol. The molecular formula is C16H24N4S. The first-order valence-electron chi connectivity index (χ1n) is 7.94. The summed E-state index contributed by atoms with van der Waals surface area (Å²) in [6.07, 6.45) is 3.64. The van der Waals surface area contributed by atoms with E-state index < -0.39 is 0 Å². The van der Waals surface area contributed by atoms with Crippen molar-refractivity contribution in [1.29, 1.82) is 0 Å². The molecule has 2 atom stereocenters. The van der Waals surface area contributed by atoms with Gasteiger partial charge in [-0.05, 0) is 43.6 Å². The van der Waals surface area contributed by atoms with Gasteiger partial charge in [-0.1, -0.05) is 13.8 Å². The molecule has 0 spiro atoms. The van der Waals surface area contributed by atoms with E-state index in [9.17, 15) is 0 Å². The van der Waals surface area contributed by atoms with Gasteiger partial charge >= 0.3 is 0 Å². The summed E-state index contributed by atoms with van der Waals surface area (Å²) in [5, 5.41) is 6.65. The first kappa shape index (κ1) is 14.6. The van der Waals surface area contributed by atoms with Crippen LogP contribution in [0.25, 0.3) is 10.2 Å². The molecule has 0 aliphatic carbocycles. The topological polar surface area (TPSA) is 41.1 Å². The molecule has 2 aromatic heterocycles. The van der Waals surface area contributed by atoms with E-state index >= 15 is 0 Å². The Morgan fingerprint density at radius 1 is 1.33 bits per heavy atom. The quantitative estimate of drug-likeness (QED) is 0.921. The minimum absolute atomic E-state index is 0.554. The highest BCUT2D eigenvalue weighted by atomic mass is 32.1. The van der Waals surface area contributed by atoms with Crippen molar-refractivity contribution in [3.05, 3.63) is 11.4 Å². The van der Waals surface area contributed by atoms with Gasteiger partial charge in [0.15, 0.2) is 0 Å². The lowest BCUT2D eigenvalue weighted by atomic mass is 9.95. The van der Waals surface area contributed by atoms with E-state index in [-0.39, 0.29) is 0 Å². The van der Waals surface area contributed by atoms with Crippen molar-refractivity contribution in [2.75, 3.05) is 23.3 Å². The normalized spacial score (nSPS) is 22.7. The van der Waals surface area contributed by atoms with Gasteiger partial charge in [0.25, 0.3) is 0 Å². The van der Waals surface area contributed by atoms with Crippen molar-refractivity contribution < 1.29 is 0 Å². The molecule has 1 aliphatic heterocycles. The van der Waals surface area contributed by atoms with Crippen LogP contribution in [0.3, 0.4) is 0 Å². The van der Waals surface area contributed by atoms with Gasteiger partial charge in [-0.25, -0.2) is 4.98 Å². The summed E-state index contributed by atoms with van der Waals surface area (Å²) >= 11 is 1.70. The van der Waals surface area contributed by atoms with Gasteiger partial charge in [0, 0.05) is 19.1 Å². The summed E-state index contributed by atoms with van der Waals surface area (Å²) < 4.78 is 0. The molecule has 21 heavy (non-hydrogen) atoms. The molecule has 1 saturated heterocycles. The number of anilines is 2. The van der Waals surface area contributed by atoms with Gasteiger partial charge in [-0.2, -0.15) is 4.98 Å². The maximum atomic E-state index is 4.83. The van der Waals surface area contributed by atoms with Crippen LogP contribution < -0.4 is 10.2 Å². The molecule has 1 fully saturated rings. The Labute approximate surface area is 130 Å². The molecule has 1 aliphatic rings. The first-order valence-corrected chi connectivity index (χ1v) is 8.82. The third-order valence-corrected chi connectivity index (χ3v) is 5.03. The lowest BCUT2D eigenvalue weighted by Gasteiger charge is -2.38. The average Bonchev–Trinajstić information content (AvgIpc) is 2.95. The van der Waals surface area contributed by atoms with Gasteiger partial charge in [0.2, 0.25) is 5.95 Å². The maximum Gasteiger partial charge on any atom is 0.226 e. The van der Waals surface area contributed by atoms with E-state index in [0.717, 1.165) is 42.0 Å². The molecule has 0 bridgehead atoms. The molecular weight excluding hydrogens is 280 g/mol. The lowest BCUT2D eigenvalue weighted by Crippen LogP contribution is -2.41. The van der Waals surface area contributed by atoms with Crippen molar-refractivity contribution >= 4 is 33.3 Å². The van der Waals surface area contributed by atoms with Gasteiger partial charge < -0.3 is 10.2 Å². The number of piperidine rings is 1. The molecule has 0 amide bonds. The molecule has 3 rings (SSSR count). The van der Waals surface area contributed by atoms with Crippen molar-refractivity contribution in [1.82, 2.24) is 9.97 Å². The molecule has 2 unspecified atom stereocenters. The molecule has 4 nitrogen and oxygen atoms in total. The fraction of sp³-hybridized carbons (Fsp3) is 0.625. The fourth-order valence-corrected chi connectivity index (χ4v) is 3.72. The minimum Gasteiger partial charge on any atom is -0.354 e. The summed E-state index contributed by atoms with van der Waals surface area (Å²) in [4.78, 5) is 13.0.